The van der Waals surface area contributed by atoms with E-state index in [1.165, 1.54) is 4.90 Å². The first kappa shape index (κ1) is 23.0. The number of pyridine rings is 1. The second kappa shape index (κ2) is 9.85. The van der Waals surface area contributed by atoms with Gasteiger partial charge in [-0.15, -0.1) is 0 Å². The topological polar surface area (TPSA) is 104 Å². The molecule has 1 atom stereocenters. The van der Waals surface area contributed by atoms with Crippen molar-refractivity contribution in [1.82, 2.24) is 15.7 Å². The number of nitrogens with zero attached hydrogens (tertiary/aromatic N) is 3. The van der Waals surface area contributed by atoms with E-state index in [-0.39, 0.29) is 5.11 Å². The van der Waals surface area contributed by atoms with E-state index < -0.39 is 23.6 Å². The maximum absolute atomic E-state index is 13.1. The van der Waals surface area contributed by atoms with E-state index in [2.05, 4.69) is 20.8 Å². The third kappa shape index (κ3) is 4.47. The van der Waals surface area contributed by atoms with Gasteiger partial charge >= 0.3 is 0 Å². The summed E-state index contributed by atoms with van der Waals surface area (Å²) in [7, 11) is 0. The standard InChI is InChI=1S/C27H19N5O3S/c33-24-21(26(35)32(27(36)30-24)18-11-5-2-6-12-18)16-28-31-25(34)20-15-23(17-9-3-1-4-10-17)29-22-14-8-7-13-19(20)22/h1-16,21H,(H,31,34)(H,30,33,36)/b28-16+/t21-/m0/s1. The third-order valence-corrected chi connectivity index (χ3v) is 5.92. The molecule has 0 bridgehead atoms. The van der Waals surface area contributed by atoms with Crippen LogP contribution in [0.2, 0.25) is 0 Å². The van der Waals surface area contributed by atoms with Crippen LogP contribution in [0.4, 0.5) is 5.69 Å². The molecule has 0 saturated carbocycles. The molecule has 0 spiro atoms. The Balaban J connectivity index is 1.40. The molecule has 2 heterocycles. The van der Waals surface area contributed by atoms with Crippen LogP contribution in [0.15, 0.2) is 96.1 Å². The molecule has 0 aliphatic carbocycles. The molecule has 176 valence electrons. The Kier molecular flexibility index (Phi) is 6.29. The van der Waals surface area contributed by atoms with E-state index in [9.17, 15) is 14.4 Å². The van der Waals surface area contributed by atoms with Crippen molar-refractivity contribution >= 4 is 57.9 Å². The largest absolute Gasteiger partial charge is 0.301 e. The zero-order valence-electron chi connectivity index (χ0n) is 18.8. The van der Waals surface area contributed by atoms with Gasteiger partial charge in [-0.1, -0.05) is 66.7 Å². The SMILES string of the molecule is O=C(N/N=C/[C@H]1C(=O)NC(=S)N(c2ccccc2)C1=O)c1cc(-c2ccccc2)nc2ccccc12. The van der Waals surface area contributed by atoms with Crippen LogP contribution in [0.3, 0.4) is 0 Å². The maximum atomic E-state index is 13.1. The summed E-state index contributed by atoms with van der Waals surface area (Å²) in [6.45, 7) is 0. The second-order valence-corrected chi connectivity index (χ2v) is 8.33. The van der Waals surface area contributed by atoms with Crippen LogP contribution < -0.4 is 15.6 Å². The number of aromatic nitrogens is 1. The summed E-state index contributed by atoms with van der Waals surface area (Å²) < 4.78 is 0. The molecular formula is C27H19N5O3S. The average molecular weight is 494 g/mol. The molecule has 36 heavy (non-hydrogen) atoms. The van der Waals surface area contributed by atoms with Gasteiger partial charge in [0, 0.05) is 17.2 Å². The number of carbonyl (C=O) groups excluding carboxylic acids is 3. The minimum absolute atomic E-state index is 0.0124. The first-order valence-electron chi connectivity index (χ1n) is 11.1. The minimum Gasteiger partial charge on any atom is -0.301 e. The molecule has 3 amide bonds. The number of hydrogen-bond donors (Lipinski definition) is 2. The predicted octanol–water partition coefficient (Wildman–Crippen LogP) is 3.68. The summed E-state index contributed by atoms with van der Waals surface area (Å²) in [4.78, 5) is 44.5. The van der Waals surface area contributed by atoms with Crippen molar-refractivity contribution < 1.29 is 14.4 Å². The van der Waals surface area contributed by atoms with Crippen LogP contribution >= 0.6 is 12.2 Å². The van der Waals surface area contributed by atoms with Crippen LogP contribution in [0.1, 0.15) is 10.4 Å². The molecule has 0 unspecified atom stereocenters. The first-order valence-corrected chi connectivity index (χ1v) is 11.5. The van der Waals surface area contributed by atoms with E-state index in [1.54, 1.807) is 42.5 Å². The Labute approximate surface area is 211 Å². The molecule has 1 aliphatic heterocycles. The van der Waals surface area contributed by atoms with Crippen LogP contribution in [0, 0.1) is 5.92 Å². The normalized spacial score (nSPS) is 15.8. The highest BCUT2D eigenvalue weighted by Crippen LogP contribution is 2.25. The van der Waals surface area contributed by atoms with Gasteiger partial charge in [0.2, 0.25) is 5.91 Å². The van der Waals surface area contributed by atoms with Crippen molar-refractivity contribution in [2.75, 3.05) is 4.90 Å². The highest BCUT2D eigenvalue weighted by Gasteiger charge is 2.38. The number of amides is 3. The number of hydrazone groups is 1. The summed E-state index contributed by atoms with van der Waals surface area (Å²) in [6, 6.07) is 27.2. The van der Waals surface area contributed by atoms with Crippen molar-refractivity contribution in [2.24, 2.45) is 11.0 Å². The Bertz CT molecular complexity index is 1520. The number of anilines is 1. The number of carbonyl (C=O) groups is 3. The molecule has 1 aliphatic rings. The van der Waals surface area contributed by atoms with Crippen LogP contribution in [-0.4, -0.2) is 34.0 Å². The Morgan fingerprint density at radius 3 is 2.39 bits per heavy atom. The fraction of sp³-hybridized carbons (Fsp3) is 0.0370. The second-order valence-electron chi connectivity index (χ2n) is 7.94. The zero-order chi connectivity index (χ0) is 25.1. The van der Waals surface area contributed by atoms with E-state index in [1.807, 2.05) is 48.5 Å². The Hall–Kier alpha value is -4.76. The lowest BCUT2D eigenvalue weighted by molar-refractivity contribution is -0.130. The van der Waals surface area contributed by atoms with Gasteiger partial charge in [0.25, 0.3) is 11.8 Å². The number of nitrogens with one attached hydrogen (secondary N) is 2. The van der Waals surface area contributed by atoms with Crippen molar-refractivity contribution in [3.8, 4) is 11.3 Å². The van der Waals surface area contributed by atoms with E-state index in [0.717, 1.165) is 11.8 Å². The summed E-state index contributed by atoms with van der Waals surface area (Å²) in [5.41, 5.74) is 5.48. The Morgan fingerprint density at radius 1 is 0.972 bits per heavy atom. The smallest absolute Gasteiger partial charge is 0.272 e. The van der Waals surface area contributed by atoms with Gasteiger partial charge in [0.05, 0.1) is 22.5 Å². The van der Waals surface area contributed by atoms with Gasteiger partial charge in [0.1, 0.15) is 0 Å². The predicted molar refractivity (Wildman–Crippen MR) is 141 cm³/mol. The van der Waals surface area contributed by atoms with Crippen molar-refractivity contribution in [3.05, 3.63) is 96.6 Å². The number of para-hydroxylation sites is 2. The molecule has 2 N–H and O–H groups in total. The third-order valence-electron chi connectivity index (χ3n) is 5.64. The van der Waals surface area contributed by atoms with Gasteiger partial charge < -0.3 is 5.32 Å². The van der Waals surface area contributed by atoms with Gasteiger partial charge in [-0.2, -0.15) is 5.10 Å². The number of thiocarbonyl (C=S) groups is 1. The number of hydrogen-bond acceptors (Lipinski definition) is 6. The summed E-state index contributed by atoms with van der Waals surface area (Å²) in [6.07, 6.45) is 1.11. The highest BCUT2D eigenvalue weighted by atomic mass is 32.1. The first-order chi connectivity index (χ1) is 17.5. The molecule has 9 heteroatoms. The van der Waals surface area contributed by atoms with Gasteiger partial charge in [-0.05, 0) is 36.5 Å². The van der Waals surface area contributed by atoms with Gasteiger partial charge in [-0.25, -0.2) is 10.4 Å². The Morgan fingerprint density at radius 2 is 1.64 bits per heavy atom. The molecule has 1 fully saturated rings. The summed E-state index contributed by atoms with van der Waals surface area (Å²) >= 11 is 5.18. The van der Waals surface area contributed by atoms with Crippen LogP contribution in [0.25, 0.3) is 22.2 Å². The molecule has 3 aromatic carbocycles. The van der Waals surface area contributed by atoms with Crippen LogP contribution in [-0.2, 0) is 9.59 Å². The van der Waals surface area contributed by atoms with Crippen molar-refractivity contribution in [3.63, 3.8) is 0 Å². The molecule has 4 aromatic rings. The molecule has 8 nitrogen and oxygen atoms in total. The van der Waals surface area contributed by atoms with E-state index in [4.69, 9.17) is 12.2 Å². The molecule has 1 saturated heterocycles. The lowest BCUT2D eigenvalue weighted by atomic mass is 10.0. The van der Waals surface area contributed by atoms with E-state index >= 15 is 0 Å². The summed E-state index contributed by atoms with van der Waals surface area (Å²) in [5, 5.41) is 7.09. The lowest BCUT2D eigenvalue weighted by Crippen LogP contribution is -2.58. The molecular weight excluding hydrogens is 474 g/mol. The molecule has 1 aromatic heterocycles. The number of fused-ring (bicyclic) bond motifs is 1. The maximum Gasteiger partial charge on any atom is 0.272 e. The lowest BCUT2D eigenvalue weighted by Gasteiger charge is -2.30. The fourth-order valence-electron chi connectivity index (χ4n) is 3.89. The highest BCUT2D eigenvalue weighted by molar-refractivity contribution is 7.80. The fourth-order valence-corrected chi connectivity index (χ4v) is 4.19. The van der Waals surface area contributed by atoms with E-state index in [0.29, 0.717) is 27.8 Å². The van der Waals surface area contributed by atoms with Crippen molar-refractivity contribution in [2.45, 2.75) is 0 Å². The van der Waals surface area contributed by atoms with Gasteiger partial charge in [-0.3, -0.25) is 19.3 Å². The minimum atomic E-state index is -1.26. The van der Waals surface area contributed by atoms with Crippen LogP contribution in [0.5, 0.6) is 0 Å². The number of benzene rings is 3. The quantitative estimate of drug-likeness (QED) is 0.191. The zero-order valence-corrected chi connectivity index (χ0v) is 19.6. The average Bonchev–Trinajstić information content (AvgIpc) is 2.90. The number of rotatable bonds is 5. The monoisotopic (exact) mass is 493 g/mol. The van der Waals surface area contributed by atoms with Gasteiger partial charge in [0.15, 0.2) is 11.0 Å². The molecule has 5 rings (SSSR count). The van der Waals surface area contributed by atoms with Crippen molar-refractivity contribution in [1.29, 1.82) is 0 Å². The molecule has 0 radical (unpaired) electrons. The summed E-state index contributed by atoms with van der Waals surface area (Å²) in [5.74, 6) is -2.93.